The first-order chi connectivity index (χ1) is 12.5. The van der Waals surface area contributed by atoms with Crippen molar-refractivity contribution >= 4 is 35.0 Å². The van der Waals surface area contributed by atoms with Gasteiger partial charge in [0.2, 0.25) is 5.91 Å². The van der Waals surface area contributed by atoms with Crippen molar-refractivity contribution in [3.8, 4) is 11.5 Å². The average molecular weight is 375 g/mol. The molecule has 0 unspecified atom stereocenters. The lowest BCUT2D eigenvalue weighted by atomic mass is 10.1. The predicted molar refractivity (Wildman–Crippen MR) is 95.0 cm³/mol. The van der Waals surface area contributed by atoms with Crippen LogP contribution in [0.1, 0.15) is 20.7 Å². The van der Waals surface area contributed by atoms with Gasteiger partial charge in [-0.2, -0.15) is 0 Å². The first-order valence-electron chi connectivity index (χ1n) is 7.63. The first-order valence-corrected chi connectivity index (χ1v) is 8.00. The summed E-state index contributed by atoms with van der Waals surface area (Å²) in [4.78, 5) is 37.9. The fraction of sp³-hybridized carbons (Fsp3) is 0.167. The van der Waals surface area contributed by atoms with Gasteiger partial charge in [-0.1, -0.05) is 23.7 Å². The molecule has 1 N–H and O–H groups in total. The van der Waals surface area contributed by atoms with Crippen LogP contribution >= 0.6 is 11.6 Å². The Kier molecular flexibility index (Phi) is 4.81. The van der Waals surface area contributed by atoms with Crippen LogP contribution in [0.15, 0.2) is 36.4 Å². The van der Waals surface area contributed by atoms with Gasteiger partial charge < -0.3 is 14.8 Å². The molecule has 0 bridgehead atoms. The van der Waals surface area contributed by atoms with Crippen molar-refractivity contribution in [3.05, 3.63) is 52.5 Å². The number of nitrogens with one attached hydrogen (secondary N) is 1. The summed E-state index contributed by atoms with van der Waals surface area (Å²) in [5, 5.41) is 2.88. The molecule has 0 aliphatic carbocycles. The van der Waals surface area contributed by atoms with E-state index in [0.717, 1.165) is 4.90 Å². The van der Waals surface area contributed by atoms with Gasteiger partial charge in [0.15, 0.2) is 0 Å². The molecule has 0 spiro atoms. The van der Waals surface area contributed by atoms with Gasteiger partial charge in [0.1, 0.15) is 18.0 Å². The van der Waals surface area contributed by atoms with Crippen LogP contribution in [0.3, 0.4) is 0 Å². The molecule has 1 aliphatic heterocycles. The molecule has 1 heterocycles. The summed E-state index contributed by atoms with van der Waals surface area (Å²) in [6, 6.07) is 9.44. The minimum absolute atomic E-state index is 0.282. The maximum absolute atomic E-state index is 12.4. The van der Waals surface area contributed by atoms with E-state index in [-0.39, 0.29) is 16.1 Å². The lowest BCUT2D eigenvalue weighted by Gasteiger charge is -2.16. The summed E-state index contributed by atoms with van der Waals surface area (Å²) in [5.74, 6) is -0.830. The number of rotatable bonds is 5. The summed E-state index contributed by atoms with van der Waals surface area (Å²) in [6.45, 7) is -0.418. The number of methoxy groups -OCH3 is 2. The molecule has 0 atom stereocenters. The molecule has 1 aliphatic rings. The molecule has 26 heavy (non-hydrogen) atoms. The third-order valence-electron chi connectivity index (χ3n) is 3.93. The Hall–Kier alpha value is -3.06. The minimum atomic E-state index is -0.556. The fourth-order valence-corrected chi connectivity index (χ4v) is 2.91. The Morgan fingerprint density at radius 1 is 1.04 bits per heavy atom. The highest BCUT2D eigenvalue weighted by Crippen LogP contribution is 2.36. The van der Waals surface area contributed by atoms with Gasteiger partial charge in [-0.15, -0.1) is 0 Å². The maximum atomic E-state index is 12.4. The quantitative estimate of drug-likeness (QED) is 0.813. The monoisotopic (exact) mass is 374 g/mol. The highest BCUT2D eigenvalue weighted by atomic mass is 35.5. The largest absolute Gasteiger partial charge is 0.495 e. The average Bonchev–Trinajstić information content (AvgIpc) is 2.87. The minimum Gasteiger partial charge on any atom is -0.495 e. The van der Waals surface area contributed by atoms with Gasteiger partial charge in [0.05, 0.1) is 36.1 Å². The third kappa shape index (κ3) is 3.09. The first kappa shape index (κ1) is 17.8. The van der Waals surface area contributed by atoms with Crippen LogP contribution in [0.5, 0.6) is 11.5 Å². The molecule has 7 nitrogen and oxygen atoms in total. The number of hydrogen-bond acceptors (Lipinski definition) is 5. The smallest absolute Gasteiger partial charge is 0.262 e. The Morgan fingerprint density at radius 3 is 2.15 bits per heavy atom. The number of ether oxygens (including phenoxy) is 2. The van der Waals surface area contributed by atoms with Crippen LogP contribution in [-0.2, 0) is 4.79 Å². The van der Waals surface area contributed by atoms with E-state index in [1.54, 1.807) is 24.3 Å². The summed E-state index contributed by atoms with van der Waals surface area (Å²) in [5.41, 5.74) is 0.880. The predicted octanol–water partition coefficient (Wildman–Crippen LogP) is 2.59. The van der Waals surface area contributed by atoms with Gasteiger partial charge >= 0.3 is 0 Å². The van der Waals surface area contributed by atoms with Crippen molar-refractivity contribution in [2.45, 2.75) is 0 Å². The van der Waals surface area contributed by atoms with Crippen LogP contribution < -0.4 is 14.8 Å². The Balaban J connectivity index is 1.77. The zero-order valence-corrected chi connectivity index (χ0v) is 14.8. The SMILES string of the molecule is COc1cc(OC)c(NC(=O)CN2C(=O)c3ccccc3C2=O)cc1Cl. The van der Waals surface area contributed by atoms with Gasteiger partial charge in [-0.3, -0.25) is 19.3 Å². The molecule has 0 fully saturated rings. The Labute approximate surface area is 154 Å². The number of nitrogens with zero attached hydrogens (tertiary/aromatic N) is 1. The number of carbonyl (C=O) groups is 3. The summed E-state index contributed by atoms with van der Waals surface area (Å²) in [6.07, 6.45) is 0. The lowest BCUT2D eigenvalue weighted by Crippen LogP contribution is -2.37. The normalized spacial score (nSPS) is 12.8. The van der Waals surface area contributed by atoms with Crippen molar-refractivity contribution in [2.24, 2.45) is 0 Å². The van der Waals surface area contributed by atoms with Crippen LogP contribution in [0, 0.1) is 0 Å². The highest BCUT2D eigenvalue weighted by molar-refractivity contribution is 6.32. The van der Waals surface area contributed by atoms with Gasteiger partial charge in [0, 0.05) is 6.07 Å². The third-order valence-corrected chi connectivity index (χ3v) is 4.22. The number of anilines is 1. The lowest BCUT2D eigenvalue weighted by molar-refractivity contribution is -0.116. The van der Waals surface area contributed by atoms with E-state index in [1.807, 2.05) is 0 Å². The van der Waals surface area contributed by atoms with E-state index in [2.05, 4.69) is 5.32 Å². The molecule has 2 aromatic carbocycles. The zero-order chi connectivity index (χ0) is 18.8. The van der Waals surface area contributed by atoms with Crippen molar-refractivity contribution in [1.29, 1.82) is 0 Å². The summed E-state index contributed by atoms with van der Waals surface area (Å²) < 4.78 is 10.3. The number of fused-ring (bicyclic) bond motifs is 1. The van der Waals surface area contributed by atoms with Gasteiger partial charge in [0.25, 0.3) is 11.8 Å². The van der Waals surface area contributed by atoms with E-state index in [9.17, 15) is 14.4 Å². The van der Waals surface area contributed by atoms with Crippen molar-refractivity contribution in [1.82, 2.24) is 4.90 Å². The molecule has 2 aromatic rings. The number of amides is 3. The van der Waals surface area contributed by atoms with Crippen LogP contribution in [0.25, 0.3) is 0 Å². The van der Waals surface area contributed by atoms with Crippen LogP contribution in [-0.4, -0.2) is 43.4 Å². The second-order valence-corrected chi connectivity index (χ2v) is 5.88. The van der Waals surface area contributed by atoms with Crippen molar-refractivity contribution < 1.29 is 23.9 Å². The van der Waals surface area contributed by atoms with Gasteiger partial charge in [-0.25, -0.2) is 0 Å². The molecule has 0 saturated carbocycles. The van der Waals surface area contributed by atoms with Crippen LogP contribution in [0.2, 0.25) is 5.02 Å². The van der Waals surface area contributed by atoms with Crippen LogP contribution in [0.4, 0.5) is 5.69 Å². The highest BCUT2D eigenvalue weighted by Gasteiger charge is 2.36. The molecule has 0 radical (unpaired) electrons. The molecule has 0 saturated heterocycles. The second kappa shape index (κ2) is 7.05. The fourth-order valence-electron chi connectivity index (χ4n) is 2.67. The number of benzene rings is 2. The number of carbonyl (C=O) groups excluding carboxylic acids is 3. The van der Waals surface area contributed by atoms with E-state index >= 15 is 0 Å². The summed E-state index contributed by atoms with van der Waals surface area (Å²) >= 11 is 6.07. The summed E-state index contributed by atoms with van der Waals surface area (Å²) in [7, 11) is 2.89. The number of imide groups is 1. The zero-order valence-electron chi connectivity index (χ0n) is 14.0. The second-order valence-electron chi connectivity index (χ2n) is 5.48. The number of halogens is 1. The number of hydrogen-bond donors (Lipinski definition) is 1. The van der Waals surface area contributed by atoms with E-state index < -0.39 is 24.3 Å². The van der Waals surface area contributed by atoms with E-state index in [0.29, 0.717) is 17.2 Å². The Morgan fingerprint density at radius 2 is 1.62 bits per heavy atom. The van der Waals surface area contributed by atoms with E-state index in [4.69, 9.17) is 21.1 Å². The standard InChI is InChI=1S/C18H15ClN2O5/c1-25-14-8-15(26-2)13(7-12(14)19)20-16(22)9-21-17(23)10-5-3-4-6-11(10)18(21)24/h3-8H,9H2,1-2H3,(H,20,22). The van der Waals surface area contributed by atoms with Gasteiger partial charge in [-0.05, 0) is 18.2 Å². The molecule has 3 rings (SSSR count). The van der Waals surface area contributed by atoms with Crippen molar-refractivity contribution in [2.75, 3.05) is 26.1 Å². The van der Waals surface area contributed by atoms with E-state index in [1.165, 1.54) is 26.4 Å². The van der Waals surface area contributed by atoms with Crippen molar-refractivity contribution in [3.63, 3.8) is 0 Å². The molecular formula is C18H15ClN2O5. The Bertz CT molecular complexity index is 877. The topological polar surface area (TPSA) is 84.9 Å². The molecular weight excluding hydrogens is 360 g/mol. The molecule has 3 amide bonds. The molecule has 134 valence electrons. The maximum Gasteiger partial charge on any atom is 0.262 e. The molecule has 8 heteroatoms. The molecule has 0 aromatic heterocycles.